The van der Waals surface area contributed by atoms with Gasteiger partial charge in [-0.3, -0.25) is 10.3 Å². The lowest BCUT2D eigenvalue weighted by molar-refractivity contribution is 1.06. The molecule has 0 aliphatic heterocycles. The molecule has 24 heavy (non-hydrogen) atoms. The lowest BCUT2D eigenvalue weighted by atomic mass is 10.2. The van der Waals surface area contributed by atoms with Crippen molar-refractivity contribution in [3.63, 3.8) is 0 Å². The number of aliphatic imine (C=N–C) groups is 1. The van der Waals surface area contributed by atoms with Crippen molar-refractivity contribution in [3.8, 4) is 6.19 Å². The van der Waals surface area contributed by atoms with E-state index in [1.54, 1.807) is 0 Å². The zero-order valence-electron chi connectivity index (χ0n) is 13.2. The average molecular weight is 381 g/mol. The standard InChI is InChI=1S/C10H10ClN3S.C7H8ClN/c1-15-10(14-7-12)13-6-8-2-4-9(11)5-3-8;8-7-3-1-6(5-9)2-4-7/h2-5H,6H2,1H3,(H,13,14);1-4H,5,9H2. The van der Waals surface area contributed by atoms with Crippen LogP contribution in [0.4, 0.5) is 0 Å². The second-order valence-corrected chi connectivity index (χ2v) is 6.19. The fraction of sp³-hybridized carbons (Fsp3) is 0.176. The Hall–Kier alpha value is -1.71. The van der Waals surface area contributed by atoms with Crippen LogP contribution >= 0.6 is 35.0 Å². The summed E-state index contributed by atoms with van der Waals surface area (Å²) in [6.45, 7) is 1.12. The molecule has 0 amide bonds. The molecule has 2 rings (SSSR count). The van der Waals surface area contributed by atoms with Crippen LogP contribution in [0.15, 0.2) is 53.5 Å². The molecule has 0 fully saturated rings. The molecule has 0 radical (unpaired) electrons. The molecule has 2 aromatic carbocycles. The SMILES string of the molecule is CSC(=NCc1ccc(Cl)cc1)NC#N.NCc1ccc(Cl)cc1. The number of thioether (sulfide) groups is 1. The molecule has 0 aliphatic rings. The topological polar surface area (TPSA) is 74.2 Å². The van der Waals surface area contributed by atoms with E-state index in [1.807, 2.05) is 61.0 Å². The van der Waals surface area contributed by atoms with Crippen molar-refractivity contribution in [2.75, 3.05) is 6.26 Å². The first kappa shape index (κ1) is 20.3. The largest absolute Gasteiger partial charge is 0.326 e. The van der Waals surface area contributed by atoms with E-state index in [4.69, 9.17) is 34.2 Å². The molecule has 0 bridgehead atoms. The summed E-state index contributed by atoms with van der Waals surface area (Å²) in [5, 5.41) is 13.0. The summed E-state index contributed by atoms with van der Waals surface area (Å²) in [7, 11) is 0. The van der Waals surface area contributed by atoms with E-state index >= 15 is 0 Å². The Bertz CT molecular complexity index is 679. The monoisotopic (exact) mass is 380 g/mol. The van der Waals surface area contributed by atoms with E-state index in [0.717, 1.165) is 16.1 Å². The van der Waals surface area contributed by atoms with Gasteiger partial charge in [0.2, 0.25) is 0 Å². The molecule has 0 aliphatic carbocycles. The van der Waals surface area contributed by atoms with Gasteiger partial charge in [-0.2, -0.15) is 5.26 Å². The Kier molecular flexibility index (Phi) is 9.97. The van der Waals surface area contributed by atoms with Crippen LogP contribution in [0.5, 0.6) is 0 Å². The van der Waals surface area contributed by atoms with Gasteiger partial charge in [0.15, 0.2) is 11.4 Å². The summed E-state index contributed by atoms with van der Waals surface area (Å²) in [5.41, 5.74) is 7.53. The number of nitrogens with one attached hydrogen (secondary N) is 1. The molecule has 0 heterocycles. The van der Waals surface area contributed by atoms with Crippen LogP contribution in [0.3, 0.4) is 0 Å². The van der Waals surface area contributed by atoms with Crippen LogP contribution < -0.4 is 11.1 Å². The predicted molar refractivity (Wildman–Crippen MR) is 104 cm³/mol. The molecule has 3 N–H and O–H groups in total. The molecule has 0 aromatic heterocycles. The van der Waals surface area contributed by atoms with Gasteiger partial charge < -0.3 is 5.73 Å². The van der Waals surface area contributed by atoms with Gasteiger partial charge in [0, 0.05) is 16.6 Å². The van der Waals surface area contributed by atoms with Crippen molar-refractivity contribution < 1.29 is 0 Å². The van der Waals surface area contributed by atoms with E-state index in [-0.39, 0.29) is 0 Å². The Labute approximate surface area is 156 Å². The van der Waals surface area contributed by atoms with E-state index in [1.165, 1.54) is 11.8 Å². The molecule has 0 saturated carbocycles. The summed E-state index contributed by atoms with van der Waals surface area (Å²) < 4.78 is 0. The van der Waals surface area contributed by atoms with Crippen molar-refractivity contribution in [1.29, 1.82) is 5.26 Å². The fourth-order valence-electron chi connectivity index (χ4n) is 1.58. The summed E-state index contributed by atoms with van der Waals surface area (Å²) in [4.78, 5) is 4.23. The third kappa shape index (κ3) is 8.23. The number of rotatable bonds is 3. The number of hydrogen-bond donors (Lipinski definition) is 2. The highest BCUT2D eigenvalue weighted by Gasteiger charge is 1.95. The molecule has 2 aromatic rings. The van der Waals surface area contributed by atoms with Crippen molar-refractivity contribution >= 4 is 40.1 Å². The van der Waals surface area contributed by atoms with Gasteiger partial charge in [0.05, 0.1) is 6.54 Å². The maximum Gasteiger partial charge on any atom is 0.183 e. The number of nitrogens with two attached hydrogens (primary N) is 1. The number of nitrogens with zero attached hydrogens (tertiary/aromatic N) is 2. The van der Waals surface area contributed by atoms with E-state index < -0.39 is 0 Å². The zero-order valence-corrected chi connectivity index (χ0v) is 15.5. The number of halogens is 2. The Balaban J connectivity index is 0.000000272. The highest BCUT2D eigenvalue weighted by molar-refractivity contribution is 8.13. The molecule has 0 unspecified atom stereocenters. The smallest absolute Gasteiger partial charge is 0.183 e. The highest BCUT2D eigenvalue weighted by Crippen LogP contribution is 2.11. The number of benzene rings is 2. The minimum atomic E-state index is 0.544. The summed E-state index contributed by atoms with van der Waals surface area (Å²) >= 11 is 12.8. The Morgan fingerprint density at radius 3 is 2.00 bits per heavy atom. The number of nitriles is 1. The van der Waals surface area contributed by atoms with Crippen LogP contribution in [-0.4, -0.2) is 11.4 Å². The van der Waals surface area contributed by atoms with Gasteiger partial charge in [-0.1, -0.05) is 59.2 Å². The Morgan fingerprint density at radius 2 is 1.58 bits per heavy atom. The van der Waals surface area contributed by atoms with Crippen molar-refractivity contribution in [1.82, 2.24) is 5.32 Å². The average Bonchev–Trinajstić information content (AvgIpc) is 2.61. The minimum Gasteiger partial charge on any atom is -0.326 e. The van der Waals surface area contributed by atoms with Gasteiger partial charge in [0.1, 0.15) is 0 Å². The van der Waals surface area contributed by atoms with Crippen LogP contribution in [0.2, 0.25) is 10.0 Å². The normalized spacial score (nSPS) is 10.4. The van der Waals surface area contributed by atoms with Crippen LogP contribution in [0, 0.1) is 11.5 Å². The quantitative estimate of drug-likeness (QED) is 0.357. The molecule has 0 saturated heterocycles. The molecular formula is C17H18Cl2N4S. The summed E-state index contributed by atoms with van der Waals surface area (Å²) in [6, 6.07) is 15.0. The lowest BCUT2D eigenvalue weighted by Gasteiger charge is -2.00. The first-order valence-corrected chi connectivity index (χ1v) is 8.99. The first-order chi connectivity index (χ1) is 11.6. The van der Waals surface area contributed by atoms with Crippen LogP contribution in [0.25, 0.3) is 0 Å². The third-order valence-corrected chi connectivity index (χ3v) is 3.95. The number of hydrogen-bond acceptors (Lipinski definition) is 4. The van der Waals surface area contributed by atoms with Gasteiger partial charge >= 0.3 is 0 Å². The van der Waals surface area contributed by atoms with Gasteiger partial charge in [-0.15, -0.1) is 0 Å². The first-order valence-electron chi connectivity index (χ1n) is 7.01. The summed E-state index contributed by atoms with van der Waals surface area (Å²) in [6.07, 6.45) is 3.71. The Morgan fingerprint density at radius 1 is 1.08 bits per heavy atom. The fourth-order valence-corrected chi connectivity index (χ4v) is 2.17. The number of amidine groups is 1. The second-order valence-electron chi connectivity index (χ2n) is 4.52. The lowest BCUT2D eigenvalue weighted by Crippen LogP contribution is -2.13. The zero-order chi connectivity index (χ0) is 17.8. The predicted octanol–water partition coefficient (Wildman–Crippen LogP) is 4.43. The van der Waals surface area contributed by atoms with Gasteiger partial charge in [0.25, 0.3) is 0 Å². The van der Waals surface area contributed by atoms with Gasteiger partial charge in [-0.25, -0.2) is 0 Å². The van der Waals surface area contributed by atoms with Gasteiger partial charge in [-0.05, 0) is 41.6 Å². The highest BCUT2D eigenvalue weighted by atomic mass is 35.5. The molecular weight excluding hydrogens is 363 g/mol. The minimum absolute atomic E-state index is 0.544. The molecule has 126 valence electrons. The van der Waals surface area contributed by atoms with Crippen molar-refractivity contribution in [2.45, 2.75) is 13.1 Å². The van der Waals surface area contributed by atoms with Crippen LogP contribution in [-0.2, 0) is 13.1 Å². The maximum absolute atomic E-state index is 8.43. The van der Waals surface area contributed by atoms with E-state index in [9.17, 15) is 0 Å². The molecule has 4 nitrogen and oxygen atoms in total. The summed E-state index contributed by atoms with van der Waals surface area (Å²) in [5.74, 6) is 0. The van der Waals surface area contributed by atoms with E-state index in [2.05, 4.69) is 10.3 Å². The third-order valence-electron chi connectivity index (χ3n) is 2.82. The van der Waals surface area contributed by atoms with Crippen LogP contribution in [0.1, 0.15) is 11.1 Å². The molecule has 0 atom stereocenters. The van der Waals surface area contributed by atoms with E-state index in [0.29, 0.717) is 23.3 Å². The van der Waals surface area contributed by atoms with Crippen molar-refractivity contribution in [3.05, 3.63) is 69.7 Å². The maximum atomic E-state index is 8.43. The second kappa shape index (κ2) is 11.8. The molecule has 0 spiro atoms. The molecule has 7 heteroatoms. The van der Waals surface area contributed by atoms with Crippen molar-refractivity contribution in [2.24, 2.45) is 10.7 Å².